The van der Waals surface area contributed by atoms with E-state index in [4.69, 9.17) is 5.11 Å². The standard InChI is InChI=1S/C17H15N5O2/c23-16(24)10-5-12-1-3-13(4-2-12)11-18-15-8-6-14(7-9-15)17-19-21-22-20-17/h1-10,18H,11H2,(H,23,24)(H,19,20,21,22). The highest BCUT2D eigenvalue weighted by Crippen LogP contribution is 2.17. The van der Waals surface area contributed by atoms with Gasteiger partial charge < -0.3 is 10.4 Å². The molecule has 0 saturated carbocycles. The molecule has 0 aliphatic rings. The number of carbonyl (C=O) groups is 1. The van der Waals surface area contributed by atoms with E-state index in [1.807, 2.05) is 48.5 Å². The third-order valence-corrected chi connectivity index (χ3v) is 3.38. The quantitative estimate of drug-likeness (QED) is 0.603. The minimum absolute atomic E-state index is 0.562. The Morgan fingerprint density at radius 1 is 1.12 bits per heavy atom. The minimum atomic E-state index is -0.954. The van der Waals surface area contributed by atoms with Gasteiger partial charge in [0.15, 0.2) is 0 Å². The van der Waals surface area contributed by atoms with Crippen molar-refractivity contribution in [3.05, 3.63) is 65.7 Å². The fourth-order valence-corrected chi connectivity index (χ4v) is 2.14. The smallest absolute Gasteiger partial charge is 0.328 e. The van der Waals surface area contributed by atoms with Crippen LogP contribution < -0.4 is 5.32 Å². The first kappa shape index (κ1) is 15.4. The lowest BCUT2D eigenvalue weighted by molar-refractivity contribution is -0.131. The van der Waals surface area contributed by atoms with Crippen molar-refractivity contribution in [1.29, 1.82) is 0 Å². The fraction of sp³-hybridized carbons (Fsp3) is 0.0588. The van der Waals surface area contributed by atoms with Crippen LogP contribution in [0.3, 0.4) is 0 Å². The number of H-pyrrole nitrogens is 1. The Morgan fingerprint density at radius 2 is 1.88 bits per heavy atom. The van der Waals surface area contributed by atoms with Gasteiger partial charge in [0.1, 0.15) is 0 Å². The number of nitrogens with one attached hydrogen (secondary N) is 2. The van der Waals surface area contributed by atoms with E-state index < -0.39 is 5.97 Å². The van der Waals surface area contributed by atoms with Gasteiger partial charge in [-0.1, -0.05) is 24.3 Å². The molecule has 0 atom stereocenters. The molecule has 0 fully saturated rings. The molecule has 24 heavy (non-hydrogen) atoms. The molecule has 120 valence electrons. The van der Waals surface area contributed by atoms with Gasteiger partial charge in [0.25, 0.3) is 0 Å². The molecule has 7 heteroatoms. The first-order valence-corrected chi connectivity index (χ1v) is 7.28. The highest BCUT2D eigenvalue weighted by molar-refractivity contribution is 5.85. The molecule has 3 rings (SSSR count). The Morgan fingerprint density at radius 3 is 2.50 bits per heavy atom. The molecule has 2 aromatic carbocycles. The predicted molar refractivity (Wildman–Crippen MR) is 90.1 cm³/mol. The maximum Gasteiger partial charge on any atom is 0.328 e. The topological polar surface area (TPSA) is 104 Å². The van der Waals surface area contributed by atoms with Crippen LogP contribution in [0.5, 0.6) is 0 Å². The number of rotatable bonds is 6. The van der Waals surface area contributed by atoms with Gasteiger partial charge in [0.05, 0.1) is 0 Å². The van der Waals surface area contributed by atoms with Crippen molar-refractivity contribution >= 4 is 17.7 Å². The second-order valence-electron chi connectivity index (χ2n) is 5.08. The van der Waals surface area contributed by atoms with Crippen molar-refractivity contribution in [2.75, 3.05) is 5.32 Å². The van der Waals surface area contributed by atoms with E-state index in [2.05, 4.69) is 25.9 Å². The van der Waals surface area contributed by atoms with Gasteiger partial charge in [-0.3, -0.25) is 0 Å². The lowest BCUT2D eigenvalue weighted by Crippen LogP contribution is -1.99. The second-order valence-corrected chi connectivity index (χ2v) is 5.08. The van der Waals surface area contributed by atoms with Crippen molar-refractivity contribution < 1.29 is 9.90 Å². The molecule has 3 N–H and O–H groups in total. The van der Waals surface area contributed by atoms with Crippen LogP contribution >= 0.6 is 0 Å². The van der Waals surface area contributed by atoms with Crippen LogP contribution in [0, 0.1) is 0 Å². The minimum Gasteiger partial charge on any atom is -0.478 e. The molecular formula is C17H15N5O2. The highest BCUT2D eigenvalue weighted by Gasteiger charge is 2.02. The summed E-state index contributed by atoms with van der Waals surface area (Å²) in [6.07, 6.45) is 2.69. The number of aromatic amines is 1. The van der Waals surface area contributed by atoms with Crippen LogP contribution in [0.2, 0.25) is 0 Å². The maximum atomic E-state index is 10.5. The molecule has 3 aromatic rings. The average molecular weight is 321 g/mol. The summed E-state index contributed by atoms with van der Waals surface area (Å²) in [5, 5.41) is 25.8. The van der Waals surface area contributed by atoms with Gasteiger partial charge >= 0.3 is 5.97 Å². The predicted octanol–water partition coefficient (Wildman–Crippen LogP) is 2.58. The zero-order valence-corrected chi connectivity index (χ0v) is 12.7. The SMILES string of the molecule is O=C(O)C=Cc1ccc(CNc2ccc(-c3nn[nH]n3)cc2)cc1. The number of carboxylic acids is 1. The summed E-state index contributed by atoms with van der Waals surface area (Å²) >= 11 is 0. The van der Waals surface area contributed by atoms with E-state index in [1.165, 1.54) is 0 Å². The van der Waals surface area contributed by atoms with Crippen LogP contribution in [0.4, 0.5) is 5.69 Å². The molecule has 0 aliphatic heterocycles. The van der Waals surface area contributed by atoms with Gasteiger partial charge in [-0.15, -0.1) is 10.2 Å². The molecule has 0 aliphatic carbocycles. The zero-order valence-electron chi connectivity index (χ0n) is 12.7. The fourth-order valence-electron chi connectivity index (χ4n) is 2.14. The summed E-state index contributed by atoms with van der Waals surface area (Å²) in [6.45, 7) is 0.671. The molecule has 7 nitrogen and oxygen atoms in total. The van der Waals surface area contributed by atoms with Gasteiger partial charge in [-0.05, 0) is 46.7 Å². The first-order valence-electron chi connectivity index (χ1n) is 7.28. The normalized spacial score (nSPS) is 10.8. The van der Waals surface area contributed by atoms with Crippen molar-refractivity contribution in [1.82, 2.24) is 20.6 Å². The summed E-state index contributed by atoms with van der Waals surface area (Å²) in [5.74, 6) is -0.392. The highest BCUT2D eigenvalue weighted by atomic mass is 16.4. The lowest BCUT2D eigenvalue weighted by Gasteiger charge is -2.07. The number of hydrogen-bond donors (Lipinski definition) is 3. The molecule has 0 saturated heterocycles. The Hall–Kier alpha value is -3.48. The first-order chi connectivity index (χ1) is 11.7. The van der Waals surface area contributed by atoms with E-state index in [0.29, 0.717) is 12.4 Å². The number of aliphatic carboxylic acids is 1. The third kappa shape index (κ3) is 4.04. The molecule has 1 aromatic heterocycles. The molecule has 0 unspecified atom stereocenters. The van der Waals surface area contributed by atoms with Crippen LogP contribution in [0.25, 0.3) is 17.5 Å². The van der Waals surface area contributed by atoms with Gasteiger partial charge in [0, 0.05) is 23.9 Å². The summed E-state index contributed by atoms with van der Waals surface area (Å²) in [4.78, 5) is 10.5. The number of hydrogen-bond acceptors (Lipinski definition) is 5. The van der Waals surface area contributed by atoms with Crippen molar-refractivity contribution in [2.45, 2.75) is 6.54 Å². The third-order valence-electron chi connectivity index (χ3n) is 3.38. The van der Waals surface area contributed by atoms with E-state index in [1.54, 1.807) is 6.08 Å². The Bertz CT molecular complexity index is 824. The van der Waals surface area contributed by atoms with E-state index >= 15 is 0 Å². The largest absolute Gasteiger partial charge is 0.478 e. The summed E-state index contributed by atoms with van der Waals surface area (Å²) < 4.78 is 0. The number of nitrogens with zero attached hydrogens (tertiary/aromatic N) is 3. The second kappa shape index (κ2) is 7.19. The Kier molecular flexibility index (Phi) is 4.62. The van der Waals surface area contributed by atoms with Crippen molar-refractivity contribution in [2.24, 2.45) is 0 Å². The van der Waals surface area contributed by atoms with Gasteiger partial charge in [-0.2, -0.15) is 5.21 Å². The molecule has 1 heterocycles. The van der Waals surface area contributed by atoms with E-state index in [-0.39, 0.29) is 0 Å². The molecule has 0 amide bonds. The monoisotopic (exact) mass is 321 g/mol. The van der Waals surface area contributed by atoms with Gasteiger partial charge in [0.2, 0.25) is 5.82 Å². The summed E-state index contributed by atoms with van der Waals surface area (Å²) in [5.41, 5.74) is 3.83. The zero-order chi connectivity index (χ0) is 16.8. The number of tetrazole rings is 1. The van der Waals surface area contributed by atoms with Crippen molar-refractivity contribution in [3.63, 3.8) is 0 Å². The van der Waals surface area contributed by atoms with E-state index in [9.17, 15) is 4.79 Å². The van der Waals surface area contributed by atoms with Crippen LogP contribution in [0.15, 0.2) is 54.6 Å². The van der Waals surface area contributed by atoms with Crippen molar-refractivity contribution in [3.8, 4) is 11.4 Å². The lowest BCUT2D eigenvalue weighted by atomic mass is 10.1. The molecule has 0 spiro atoms. The maximum absolute atomic E-state index is 10.5. The summed E-state index contributed by atoms with van der Waals surface area (Å²) in [7, 11) is 0. The summed E-state index contributed by atoms with van der Waals surface area (Å²) in [6, 6.07) is 15.4. The number of aromatic nitrogens is 4. The van der Waals surface area contributed by atoms with Crippen LogP contribution in [-0.4, -0.2) is 31.7 Å². The molecular weight excluding hydrogens is 306 g/mol. The Labute approximate surface area is 138 Å². The number of benzene rings is 2. The average Bonchev–Trinajstić information content (AvgIpc) is 3.14. The molecule has 0 bridgehead atoms. The number of carboxylic acid groups (broad SMARTS) is 1. The number of anilines is 1. The van der Waals surface area contributed by atoms with Crippen LogP contribution in [-0.2, 0) is 11.3 Å². The molecule has 0 radical (unpaired) electrons. The Balaban J connectivity index is 1.58. The van der Waals surface area contributed by atoms with Gasteiger partial charge in [-0.25, -0.2) is 4.79 Å². The van der Waals surface area contributed by atoms with Crippen LogP contribution in [0.1, 0.15) is 11.1 Å². The van der Waals surface area contributed by atoms with E-state index in [0.717, 1.165) is 28.5 Å².